The first-order valence-corrected chi connectivity index (χ1v) is 10.8. The number of nitrogens with zero attached hydrogens (tertiary/aromatic N) is 1. The number of benzene rings is 1. The zero-order valence-corrected chi connectivity index (χ0v) is 16.3. The number of ether oxygens (including phenoxy) is 2. The van der Waals surface area contributed by atoms with E-state index in [0.717, 1.165) is 58.4 Å². The van der Waals surface area contributed by atoms with Crippen molar-refractivity contribution >= 4 is 17.2 Å². The van der Waals surface area contributed by atoms with Gasteiger partial charge in [-0.1, -0.05) is 30.3 Å². The van der Waals surface area contributed by atoms with E-state index in [0.29, 0.717) is 0 Å². The van der Waals surface area contributed by atoms with Crippen LogP contribution in [0.3, 0.4) is 0 Å². The van der Waals surface area contributed by atoms with Gasteiger partial charge in [0.05, 0.1) is 12.2 Å². The first kappa shape index (κ1) is 17.4. The van der Waals surface area contributed by atoms with E-state index in [9.17, 15) is 4.79 Å². The third-order valence-corrected chi connectivity index (χ3v) is 7.40. The minimum Gasteiger partial charge on any atom is -0.370 e. The van der Waals surface area contributed by atoms with E-state index in [4.69, 9.17) is 9.47 Å². The minimum absolute atomic E-state index is 0.175. The standard InChI is InChI=1S/C22H25NO3S/c24-21(18-7-4-13-25-18)23-11-9-22(10-12-23)17-15-20(16-5-2-1-3-6-16)27-19(17)8-14-26-22/h1-3,5-6,15,18H,4,7-14H2/t18-/m0/s1. The summed E-state index contributed by atoms with van der Waals surface area (Å²) in [5.74, 6) is 0.175. The predicted octanol–water partition coefficient (Wildman–Crippen LogP) is 3.98. The van der Waals surface area contributed by atoms with Crippen LogP contribution in [0, 0.1) is 0 Å². The summed E-state index contributed by atoms with van der Waals surface area (Å²) in [6.07, 6.45) is 4.40. The van der Waals surface area contributed by atoms with Crippen LogP contribution in [0.4, 0.5) is 0 Å². The number of hydrogen-bond donors (Lipinski definition) is 0. The second kappa shape index (κ2) is 7.04. The van der Waals surface area contributed by atoms with Crippen molar-refractivity contribution < 1.29 is 14.3 Å². The van der Waals surface area contributed by atoms with Gasteiger partial charge in [0.15, 0.2) is 0 Å². The maximum absolute atomic E-state index is 12.7. The summed E-state index contributed by atoms with van der Waals surface area (Å²) < 4.78 is 12.0. The van der Waals surface area contributed by atoms with Gasteiger partial charge in [0.1, 0.15) is 6.10 Å². The molecule has 2 aromatic rings. The summed E-state index contributed by atoms with van der Waals surface area (Å²) in [5, 5.41) is 0. The molecule has 1 amide bonds. The Morgan fingerprint density at radius 3 is 2.70 bits per heavy atom. The number of amides is 1. The van der Waals surface area contributed by atoms with Crippen LogP contribution in [-0.4, -0.2) is 43.2 Å². The zero-order chi connectivity index (χ0) is 18.3. The number of carbonyl (C=O) groups excluding carboxylic acids is 1. The molecule has 2 saturated heterocycles. The van der Waals surface area contributed by atoms with E-state index in [2.05, 4.69) is 36.4 Å². The van der Waals surface area contributed by atoms with Crippen LogP contribution in [0.2, 0.25) is 0 Å². The lowest BCUT2D eigenvalue weighted by atomic mass is 9.82. The molecule has 4 heterocycles. The molecule has 0 unspecified atom stereocenters. The summed E-state index contributed by atoms with van der Waals surface area (Å²) in [6, 6.07) is 12.9. The Balaban J connectivity index is 1.36. The highest BCUT2D eigenvalue weighted by molar-refractivity contribution is 7.15. The van der Waals surface area contributed by atoms with Gasteiger partial charge in [0.25, 0.3) is 5.91 Å². The van der Waals surface area contributed by atoms with Crippen molar-refractivity contribution in [2.24, 2.45) is 0 Å². The van der Waals surface area contributed by atoms with E-state index in [1.54, 1.807) is 0 Å². The average Bonchev–Trinajstić information content (AvgIpc) is 3.40. The van der Waals surface area contributed by atoms with Crippen LogP contribution in [0.15, 0.2) is 36.4 Å². The van der Waals surface area contributed by atoms with Crippen molar-refractivity contribution in [1.29, 1.82) is 0 Å². The van der Waals surface area contributed by atoms with Gasteiger partial charge in [0, 0.05) is 35.9 Å². The van der Waals surface area contributed by atoms with Crippen molar-refractivity contribution in [2.45, 2.75) is 43.8 Å². The monoisotopic (exact) mass is 383 g/mol. The Hall–Kier alpha value is -1.69. The third-order valence-electron chi connectivity index (χ3n) is 6.15. The van der Waals surface area contributed by atoms with Gasteiger partial charge in [-0.05, 0) is 42.9 Å². The van der Waals surface area contributed by atoms with Crippen molar-refractivity contribution in [3.05, 3.63) is 46.8 Å². The molecule has 5 rings (SSSR count). The van der Waals surface area contributed by atoms with Crippen molar-refractivity contribution in [2.75, 3.05) is 26.3 Å². The minimum atomic E-state index is -0.218. The lowest BCUT2D eigenvalue weighted by Crippen LogP contribution is -2.50. The number of hydrogen-bond acceptors (Lipinski definition) is 4. The van der Waals surface area contributed by atoms with Gasteiger partial charge in [-0.3, -0.25) is 4.79 Å². The fourth-order valence-corrected chi connectivity index (χ4v) is 5.88. The highest BCUT2D eigenvalue weighted by atomic mass is 32.1. The molecular formula is C22H25NO3S. The third kappa shape index (κ3) is 3.12. The number of carbonyl (C=O) groups is 1. The molecule has 142 valence electrons. The number of likely N-dealkylation sites (tertiary alicyclic amines) is 1. The summed E-state index contributed by atoms with van der Waals surface area (Å²) >= 11 is 1.90. The van der Waals surface area contributed by atoms with Gasteiger partial charge in [0.2, 0.25) is 0 Å². The van der Waals surface area contributed by atoms with Gasteiger partial charge in [-0.2, -0.15) is 0 Å². The van der Waals surface area contributed by atoms with Crippen LogP contribution in [0.1, 0.15) is 36.1 Å². The van der Waals surface area contributed by atoms with E-state index in [-0.39, 0.29) is 17.6 Å². The Bertz CT molecular complexity index is 817. The maximum Gasteiger partial charge on any atom is 0.251 e. The topological polar surface area (TPSA) is 38.8 Å². The predicted molar refractivity (Wildman–Crippen MR) is 106 cm³/mol. The van der Waals surface area contributed by atoms with Crippen LogP contribution in [0.5, 0.6) is 0 Å². The molecule has 0 bridgehead atoms. The van der Waals surface area contributed by atoms with E-state index in [1.807, 2.05) is 16.2 Å². The fraction of sp³-hybridized carbons (Fsp3) is 0.500. The molecule has 1 atom stereocenters. The molecule has 2 fully saturated rings. The lowest BCUT2D eigenvalue weighted by Gasteiger charge is -2.44. The molecule has 1 aromatic carbocycles. The molecule has 3 aliphatic heterocycles. The Labute approximate surface area is 164 Å². The molecule has 0 N–H and O–H groups in total. The normalized spacial score (nSPS) is 24.1. The number of thiophene rings is 1. The highest BCUT2D eigenvalue weighted by Crippen LogP contribution is 2.46. The Kier molecular flexibility index (Phi) is 4.54. The van der Waals surface area contributed by atoms with Crippen LogP contribution >= 0.6 is 11.3 Å². The molecule has 1 spiro atoms. The molecule has 5 heteroatoms. The Morgan fingerprint density at radius 2 is 1.96 bits per heavy atom. The first-order chi connectivity index (χ1) is 13.3. The zero-order valence-electron chi connectivity index (χ0n) is 15.5. The van der Waals surface area contributed by atoms with Crippen LogP contribution in [-0.2, 0) is 26.3 Å². The smallest absolute Gasteiger partial charge is 0.251 e. The fourth-order valence-electron chi connectivity index (χ4n) is 4.64. The summed E-state index contributed by atoms with van der Waals surface area (Å²) in [5.41, 5.74) is 2.42. The molecule has 0 aliphatic carbocycles. The SMILES string of the molecule is O=C([C@@H]1CCCO1)N1CCC2(CC1)OCCc1sc(-c3ccccc3)cc12. The Morgan fingerprint density at radius 1 is 1.15 bits per heavy atom. The quantitative estimate of drug-likeness (QED) is 0.787. The van der Waals surface area contributed by atoms with E-state index < -0.39 is 0 Å². The molecule has 27 heavy (non-hydrogen) atoms. The van der Waals surface area contributed by atoms with Crippen molar-refractivity contribution in [3.63, 3.8) is 0 Å². The molecule has 4 nitrogen and oxygen atoms in total. The summed E-state index contributed by atoms with van der Waals surface area (Å²) in [4.78, 5) is 17.4. The van der Waals surface area contributed by atoms with E-state index >= 15 is 0 Å². The first-order valence-electron chi connectivity index (χ1n) is 9.98. The number of fused-ring (bicyclic) bond motifs is 2. The summed E-state index contributed by atoms with van der Waals surface area (Å²) in [7, 11) is 0. The number of piperidine rings is 1. The lowest BCUT2D eigenvalue weighted by molar-refractivity contribution is -0.149. The summed E-state index contributed by atoms with van der Waals surface area (Å²) in [6.45, 7) is 3.02. The molecular weight excluding hydrogens is 358 g/mol. The van der Waals surface area contributed by atoms with Crippen LogP contribution in [0.25, 0.3) is 10.4 Å². The van der Waals surface area contributed by atoms with Gasteiger partial charge in [-0.15, -0.1) is 11.3 Å². The van der Waals surface area contributed by atoms with E-state index in [1.165, 1.54) is 20.9 Å². The van der Waals surface area contributed by atoms with Gasteiger partial charge in [-0.25, -0.2) is 0 Å². The van der Waals surface area contributed by atoms with Crippen molar-refractivity contribution in [3.8, 4) is 10.4 Å². The average molecular weight is 384 g/mol. The molecule has 1 aromatic heterocycles. The van der Waals surface area contributed by atoms with Gasteiger partial charge >= 0.3 is 0 Å². The van der Waals surface area contributed by atoms with Crippen molar-refractivity contribution in [1.82, 2.24) is 4.90 Å². The molecule has 0 saturated carbocycles. The second-order valence-electron chi connectivity index (χ2n) is 7.73. The van der Waals surface area contributed by atoms with Gasteiger partial charge < -0.3 is 14.4 Å². The molecule has 0 radical (unpaired) electrons. The highest BCUT2D eigenvalue weighted by Gasteiger charge is 2.43. The largest absolute Gasteiger partial charge is 0.370 e. The number of rotatable bonds is 2. The maximum atomic E-state index is 12.7. The second-order valence-corrected chi connectivity index (χ2v) is 8.87. The molecule has 3 aliphatic rings. The van der Waals surface area contributed by atoms with Crippen LogP contribution < -0.4 is 0 Å².